The molecule has 0 aliphatic heterocycles. The Kier molecular flexibility index (Phi) is 3.79. The average molecular weight is 269 g/mol. The van der Waals surface area contributed by atoms with Crippen molar-refractivity contribution in [3.63, 3.8) is 0 Å². The number of halogens is 1. The van der Waals surface area contributed by atoms with Crippen molar-refractivity contribution < 1.29 is 4.74 Å². The van der Waals surface area contributed by atoms with Gasteiger partial charge in [0.05, 0.1) is 6.10 Å². The molecule has 0 bridgehead atoms. The Morgan fingerprint density at radius 3 is 2.78 bits per heavy atom. The summed E-state index contributed by atoms with van der Waals surface area (Å²) in [4.78, 5) is 6.21. The van der Waals surface area contributed by atoms with Crippen molar-refractivity contribution in [2.75, 3.05) is 25.6 Å². The summed E-state index contributed by atoms with van der Waals surface area (Å²) in [5.41, 5.74) is 0.388. The SMILES string of the molecule is COC(CN(C)c1nc(Cl)c(C#N)n1C)C1CC1. The first-order valence-electron chi connectivity index (χ1n) is 5.94. The lowest BCUT2D eigenvalue weighted by molar-refractivity contribution is 0.0902. The fourth-order valence-corrected chi connectivity index (χ4v) is 2.40. The van der Waals surface area contributed by atoms with Crippen molar-refractivity contribution >= 4 is 17.5 Å². The van der Waals surface area contributed by atoms with E-state index in [-0.39, 0.29) is 11.3 Å². The standard InChI is InChI=1S/C12H17ClN4O/c1-16(7-10(18-3)8-4-5-8)12-15-11(13)9(6-14)17(12)2/h8,10H,4-5,7H2,1-3H3. The molecule has 1 aliphatic carbocycles. The third-order valence-corrected chi connectivity index (χ3v) is 3.64. The van der Waals surface area contributed by atoms with Gasteiger partial charge in [0.2, 0.25) is 5.95 Å². The minimum absolute atomic E-state index is 0.219. The van der Waals surface area contributed by atoms with Gasteiger partial charge in [-0.05, 0) is 18.8 Å². The summed E-state index contributed by atoms with van der Waals surface area (Å²) < 4.78 is 7.20. The van der Waals surface area contributed by atoms with Gasteiger partial charge in [-0.3, -0.25) is 0 Å². The van der Waals surface area contributed by atoms with Crippen LogP contribution in [0.2, 0.25) is 5.15 Å². The van der Waals surface area contributed by atoms with Crippen molar-refractivity contribution in [3.05, 3.63) is 10.8 Å². The summed E-state index contributed by atoms with van der Waals surface area (Å²) in [7, 11) is 5.47. The van der Waals surface area contributed by atoms with Crippen LogP contribution in [0.5, 0.6) is 0 Å². The Labute approximate surface area is 112 Å². The van der Waals surface area contributed by atoms with E-state index in [1.165, 1.54) is 12.8 Å². The number of nitriles is 1. The van der Waals surface area contributed by atoms with Gasteiger partial charge >= 0.3 is 0 Å². The maximum absolute atomic E-state index is 8.98. The molecule has 0 spiro atoms. The van der Waals surface area contributed by atoms with Gasteiger partial charge in [-0.25, -0.2) is 0 Å². The molecular formula is C12H17ClN4O. The first-order chi connectivity index (χ1) is 8.58. The number of likely N-dealkylation sites (N-methyl/N-ethyl adjacent to an activating group) is 1. The Morgan fingerprint density at radius 1 is 1.67 bits per heavy atom. The van der Waals surface area contributed by atoms with E-state index in [1.807, 2.05) is 11.9 Å². The third kappa shape index (κ3) is 2.45. The summed E-state index contributed by atoms with van der Waals surface area (Å²) in [5.74, 6) is 1.35. The van der Waals surface area contributed by atoms with E-state index in [0.29, 0.717) is 17.6 Å². The molecular weight excluding hydrogens is 252 g/mol. The Bertz CT molecular complexity index is 475. The van der Waals surface area contributed by atoms with E-state index in [0.717, 1.165) is 6.54 Å². The normalized spacial score (nSPS) is 16.4. The predicted molar refractivity (Wildman–Crippen MR) is 69.7 cm³/mol. The average Bonchev–Trinajstić information content (AvgIpc) is 3.13. The second-order valence-corrected chi connectivity index (χ2v) is 5.07. The van der Waals surface area contributed by atoms with E-state index < -0.39 is 0 Å². The maximum Gasteiger partial charge on any atom is 0.207 e. The van der Waals surface area contributed by atoms with E-state index in [1.54, 1.807) is 18.7 Å². The van der Waals surface area contributed by atoms with Crippen LogP contribution in [0.15, 0.2) is 0 Å². The monoisotopic (exact) mass is 268 g/mol. The third-order valence-electron chi connectivity index (χ3n) is 3.38. The smallest absolute Gasteiger partial charge is 0.207 e. The molecule has 1 fully saturated rings. The highest BCUT2D eigenvalue weighted by molar-refractivity contribution is 6.30. The molecule has 0 N–H and O–H groups in total. The van der Waals surface area contributed by atoms with Crippen molar-refractivity contribution in [1.29, 1.82) is 5.26 Å². The lowest BCUT2D eigenvalue weighted by Gasteiger charge is -2.23. The fourth-order valence-electron chi connectivity index (χ4n) is 2.15. The molecule has 98 valence electrons. The summed E-state index contributed by atoms with van der Waals surface area (Å²) in [6, 6.07) is 2.05. The lowest BCUT2D eigenvalue weighted by Crippen LogP contribution is -2.33. The van der Waals surface area contributed by atoms with Gasteiger partial charge in [0.1, 0.15) is 6.07 Å². The predicted octanol–water partition coefficient (Wildman–Crippen LogP) is 1.81. The van der Waals surface area contributed by atoms with Gasteiger partial charge in [0, 0.05) is 27.7 Å². The second-order valence-electron chi connectivity index (χ2n) is 4.71. The molecule has 0 aromatic carbocycles. The van der Waals surface area contributed by atoms with Crippen LogP contribution in [0.25, 0.3) is 0 Å². The highest BCUT2D eigenvalue weighted by Crippen LogP contribution is 2.34. The molecule has 6 heteroatoms. The lowest BCUT2D eigenvalue weighted by atomic mass is 10.2. The Morgan fingerprint density at radius 2 is 2.33 bits per heavy atom. The molecule has 1 unspecified atom stereocenters. The first kappa shape index (κ1) is 13.2. The largest absolute Gasteiger partial charge is 0.379 e. The van der Waals surface area contributed by atoms with Gasteiger partial charge in [-0.1, -0.05) is 11.6 Å². The summed E-state index contributed by atoms with van der Waals surface area (Å²) >= 11 is 5.93. The number of nitrogens with zero attached hydrogens (tertiary/aromatic N) is 4. The zero-order chi connectivity index (χ0) is 13.3. The number of ether oxygens (including phenoxy) is 1. The molecule has 1 aromatic heterocycles. The minimum atomic E-state index is 0.219. The Balaban J connectivity index is 2.13. The zero-order valence-electron chi connectivity index (χ0n) is 10.9. The number of anilines is 1. The molecule has 5 nitrogen and oxygen atoms in total. The number of hydrogen-bond donors (Lipinski definition) is 0. The van der Waals surface area contributed by atoms with Crippen molar-refractivity contribution in [2.24, 2.45) is 13.0 Å². The molecule has 1 heterocycles. The Hall–Kier alpha value is -1.25. The van der Waals surface area contributed by atoms with Crippen LogP contribution in [-0.4, -0.2) is 36.4 Å². The van der Waals surface area contributed by atoms with Gasteiger partial charge in [-0.15, -0.1) is 0 Å². The number of rotatable bonds is 5. The molecule has 1 aliphatic rings. The number of methoxy groups -OCH3 is 1. The topological polar surface area (TPSA) is 54.1 Å². The van der Waals surface area contributed by atoms with E-state index in [2.05, 4.69) is 11.1 Å². The zero-order valence-corrected chi connectivity index (χ0v) is 11.6. The van der Waals surface area contributed by atoms with Crippen LogP contribution in [0.1, 0.15) is 18.5 Å². The highest BCUT2D eigenvalue weighted by Gasteiger charge is 2.32. The van der Waals surface area contributed by atoms with Crippen LogP contribution >= 0.6 is 11.6 Å². The second kappa shape index (κ2) is 5.17. The molecule has 0 radical (unpaired) electrons. The fraction of sp³-hybridized carbons (Fsp3) is 0.667. The van der Waals surface area contributed by atoms with Crippen molar-refractivity contribution in [3.8, 4) is 6.07 Å². The summed E-state index contributed by atoms with van der Waals surface area (Å²) in [6.45, 7) is 0.757. The van der Waals surface area contributed by atoms with Crippen LogP contribution in [-0.2, 0) is 11.8 Å². The van der Waals surface area contributed by atoms with Crippen molar-refractivity contribution in [2.45, 2.75) is 18.9 Å². The molecule has 1 saturated carbocycles. The molecule has 2 rings (SSSR count). The van der Waals surface area contributed by atoms with E-state index in [9.17, 15) is 0 Å². The molecule has 0 amide bonds. The summed E-state index contributed by atoms with van der Waals surface area (Å²) in [6.07, 6.45) is 2.69. The molecule has 18 heavy (non-hydrogen) atoms. The number of aromatic nitrogens is 2. The van der Waals surface area contributed by atoms with Crippen molar-refractivity contribution in [1.82, 2.24) is 9.55 Å². The van der Waals surface area contributed by atoms with E-state index >= 15 is 0 Å². The van der Waals surface area contributed by atoms with Crippen LogP contribution in [0, 0.1) is 17.2 Å². The number of imidazole rings is 1. The molecule has 0 saturated heterocycles. The molecule has 1 aromatic rings. The van der Waals surface area contributed by atoms with Gasteiger partial charge in [0.25, 0.3) is 0 Å². The highest BCUT2D eigenvalue weighted by atomic mass is 35.5. The van der Waals surface area contributed by atoms with E-state index in [4.69, 9.17) is 21.6 Å². The molecule has 1 atom stereocenters. The van der Waals surface area contributed by atoms with Crippen LogP contribution in [0.3, 0.4) is 0 Å². The maximum atomic E-state index is 8.98. The summed E-state index contributed by atoms with van der Waals surface area (Å²) in [5, 5.41) is 9.23. The minimum Gasteiger partial charge on any atom is -0.379 e. The quantitative estimate of drug-likeness (QED) is 0.817. The van der Waals surface area contributed by atoms with Crippen LogP contribution < -0.4 is 4.90 Å². The van der Waals surface area contributed by atoms with Gasteiger partial charge in [-0.2, -0.15) is 10.2 Å². The first-order valence-corrected chi connectivity index (χ1v) is 6.32. The van der Waals surface area contributed by atoms with Gasteiger partial charge < -0.3 is 14.2 Å². The van der Waals surface area contributed by atoms with Crippen LogP contribution in [0.4, 0.5) is 5.95 Å². The van der Waals surface area contributed by atoms with Gasteiger partial charge in [0.15, 0.2) is 10.8 Å². The number of hydrogen-bond acceptors (Lipinski definition) is 4.